The molecule has 0 bridgehead atoms. The molecule has 2 heterocycles. The van der Waals surface area contributed by atoms with Gasteiger partial charge in [0, 0.05) is 30.6 Å². The van der Waals surface area contributed by atoms with Crippen LogP contribution in [0.2, 0.25) is 0 Å². The van der Waals surface area contributed by atoms with Crippen molar-refractivity contribution in [1.29, 1.82) is 0 Å². The van der Waals surface area contributed by atoms with Crippen LogP contribution in [0.3, 0.4) is 0 Å². The fourth-order valence-corrected chi connectivity index (χ4v) is 3.09. The van der Waals surface area contributed by atoms with Crippen LogP contribution in [0, 0.1) is 0 Å². The van der Waals surface area contributed by atoms with Crippen LogP contribution in [0.15, 0.2) is 17.4 Å². The lowest BCUT2D eigenvalue weighted by molar-refractivity contribution is 0.562. The maximum absolute atomic E-state index is 4.59. The standard InChI is InChI=1S/C11H19N5S/c1-9-8-10(2)17-11(14-9)12-4-3-6-16-7-5-13-15-16/h5,7,9-10H,3-4,6,8H2,1-2H3,(H,12,14). The average Bonchev–Trinajstić information content (AvgIpc) is 2.76. The molecular weight excluding hydrogens is 234 g/mol. The molecule has 0 amide bonds. The first-order valence-corrected chi connectivity index (χ1v) is 6.94. The van der Waals surface area contributed by atoms with Crippen molar-refractivity contribution in [3.8, 4) is 0 Å². The van der Waals surface area contributed by atoms with Crippen molar-refractivity contribution in [3.63, 3.8) is 0 Å². The molecule has 1 aliphatic heterocycles. The highest BCUT2D eigenvalue weighted by Crippen LogP contribution is 2.22. The van der Waals surface area contributed by atoms with E-state index in [1.807, 2.05) is 22.6 Å². The molecule has 2 unspecified atom stereocenters. The van der Waals surface area contributed by atoms with Crippen LogP contribution in [0.25, 0.3) is 0 Å². The molecule has 2 rings (SSSR count). The van der Waals surface area contributed by atoms with Crippen LogP contribution >= 0.6 is 11.8 Å². The van der Waals surface area contributed by atoms with Gasteiger partial charge in [0.2, 0.25) is 0 Å². The molecule has 1 aromatic rings. The second-order valence-electron chi connectivity index (χ2n) is 4.42. The van der Waals surface area contributed by atoms with Gasteiger partial charge in [0.15, 0.2) is 5.17 Å². The zero-order valence-corrected chi connectivity index (χ0v) is 11.2. The number of aromatic nitrogens is 3. The minimum Gasteiger partial charge on any atom is -0.362 e. The highest BCUT2D eigenvalue weighted by atomic mass is 32.2. The lowest BCUT2D eigenvalue weighted by Crippen LogP contribution is -2.38. The molecule has 94 valence electrons. The summed E-state index contributed by atoms with van der Waals surface area (Å²) in [5.74, 6) is 0. The van der Waals surface area contributed by atoms with Crippen molar-refractivity contribution in [2.75, 3.05) is 6.54 Å². The average molecular weight is 253 g/mol. The lowest BCUT2D eigenvalue weighted by Gasteiger charge is -2.26. The Bertz CT molecular complexity index is 350. The zero-order chi connectivity index (χ0) is 12.1. The second-order valence-corrected chi connectivity index (χ2v) is 5.84. The van der Waals surface area contributed by atoms with Crippen molar-refractivity contribution in [1.82, 2.24) is 20.3 Å². The van der Waals surface area contributed by atoms with Gasteiger partial charge in [0.05, 0.1) is 6.20 Å². The minimum atomic E-state index is 0.542. The molecule has 1 fully saturated rings. The predicted octanol–water partition coefficient (Wildman–Crippen LogP) is 1.53. The first kappa shape index (κ1) is 12.4. The third-order valence-electron chi connectivity index (χ3n) is 2.64. The van der Waals surface area contributed by atoms with Crippen molar-refractivity contribution in [2.45, 2.75) is 44.5 Å². The van der Waals surface area contributed by atoms with Gasteiger partial charge in [-0.05, 0) is 19.8 Å². The maximum atomic E-state index is 4.59. The van der Waals surface area contributed by atoms with Crippen molar-refractivity contribution < 1.29 is 0 Å². The van der Waals surface area contributed by atoms with E-state index < -0.39 is 0 Å². The molecule has 0 aromatic carbocycles. The van der Waals surface area contributed by atoms with Crippen LogP contribution in [-0.4, -0.2) is 38.0 Å². The normalized spacial score (nSPS) is 27.1. The summed E-state index contributed by atoms with van der Waals surface area (Å²) in [6, 6.07) is 0.542. The second kappa shape index (κ2) is 6.05. The molecule has 5 nitrogen and oxygen atoms in total. The van der Waals surface area contributed by atoms with Crippen LogP contribution in [-0.2, 0) is 6.54 Å². The molecule has 0 saturated carbocycles. The molecule has 1 aliphatic rings. The molecule has 6 heteroatoms. The van der Waals surface area contributed by atoms with Gasteiger partial charge >= 0.3 is 0 Å². The van der Waals surface area contributed by atoms with Gasteiger partial charge in [0.1, 0.15) is 0 Å². The molecule has 0 spiro atoms. The van der Waals surface area contributed by atoms with Gasteiger partial charge in [-0.2, -0.15) is 0 Å². The summed E-state index contributed by atoms with van der Waals surface area (Å²) >= 11 is 1.84. The first-order valence-electron chi connectivity index (χ1n) is 6.06. The minimum absolute atomic E-state index is 0.542. The van der Waals surface area contributed by atoms with E-state index in [1.165, 1.54) is 6.42 Å². The predicted molar refractivity (Wildman–Crippen MR) is 71.2 cm³/mol. The number of aryl methyl sites for hydroxylation is 1. The number of thioether (sulfide) groups is 1. The summed E-state index contributed by atoms with van der Waals surface area (Å²) in [5, 5.41) is 12.9. The van der Waals surface area contributed by atoms with E-state index in [2.05, 4.69) is 34.5 Å². The smallest absolute Gasteiger partial charge is 0.157 e. The van der Waals surface area contributed by atoms with E-state index in [4.69, 9.17) is 0 Å². The van der Waals surface area contributed by atoms with E-state index in [9.17, 15) is 0 Å². The summed E-state index contributed by atoms with van der Waals surface area (Å²) in [6.07, 6.45) is 5.79. The maximum Gasteiger partial charge on any atom is 0.157 e. The number of aliphatic imine (C=N–C) groups is 1. The summed E-state index contributed by atoms with van der Waals surface area (Å²) in [5.41, 5.74) is 0. The van der Waals surface area contributed by atoms with E-state index >= 15 is 0 Å². The Hall–Kier alpha value is -1.04. The highest BCUT2D eigenvalue weighted by Gasteiger charge is 2.19. The Kier molecular flexibility index (Phi) is 4.42. The monoisotopic (exact) mass is 253 g/mol. The van der Waals surface area contributed by atoms with Gasteiger partial charge in [0.25, 0.3) is 0 Å². The zero-order valence-electron chi connectivity index (χ0n) is 10.3. The summed E-state index contributed by atoms with van der Waals surface area (Å²) in [7, 11) is 0. The first-order chi connectivity index (χ1) is 8.24. The Balaban J connectivity index is 1.72. The number of amidine groups is 1. The Morgan fingerprint density at radius 1 is 1.59 bits per heavy atom. The SMILES string of the molecule is CC1CC(C)SC(=NCCCn2ccnn2)N1. The molecule has 1 aromatic heterocycles. The van der Waals surface area contributed by atoms with Gasteiger partial charge in [-0.1, -0.05) is 23.9 Å². The topological polar surface area (TPSA) is 55.1 Å². The number of hydrogen-bond donors (Lipinski definition) is 1. The van der Waals surface area contributed by atoms with Gasteiger partial charge in [-0.15, -0.1) is 5.10 Å². The molecule has 17 heavy (non-hydrogen) atoms. The van der Waals surface area contributed by atoms with Crippen LogP contribution < -0.4 is 5.32 Å². The Morgan fingerprint density at radius 2 is 2.47 bits per heavy atom. The summed E-state index contributed by atoms with van der Waals surface area (Å²) in [6.45, 7) is 6.19. The van der Waals surface area contributed by atoms with Crippen LogP contribution in [0.4, 0.5) is 0 Å². The van der Waals surface area contributed by atoms with Crippen LogP contribution in [0.1, 0.15) is 26.7 Å². The number of hydrogen-bond acceptors (Lipinski definition) is 4. The molecule has 0 radical (unpaired) electrons. The van der Waals surface area contributed by atoms with Crippen LogP contribution in [0.5, 0.6) is 0 Å². The van der Waals surface area contributed by atoms with Crippen molar-refractivity contribution in [2.24, 2.45) is 4.99 Å². The third-order valence-corrected chi connectivity index (χ3v) is 3.71. The third kappa shape index (κ3) is 4.03. The van der Waals surface area contributed by atoms with Gasteiger partial charge in [-0.3, -0.25) is 9.67 Å². The summed E-state index contributed by atoms with van der Waals surface area (Å²) in [4.78, 5) is 4.59. The van der Waals surface area contributed by atoms with E-state index in [0.29, 0.717) is 11.3 Å². The number of nitrogens with one attached hydrogen (secondary N) is 1. The number of rotatable bonds is 4. The van der Waals surface area contributed by atoms with Crippen molar-refractivity contribution in [3.05, 3.63) is 12.4 Å². The fourth-order valence-electron chi connectivity index (χ4n) is 1.89. The van der Waals surface area contributed by atoms with E-state index in [1.54, 1.807) is 6.20 Å². The highest BCUT2D eigenvalue weighted by molar-refractivity contribution is 8.14. The fraction of sp³-hybridized carbons (Fsp3) is 0.727. The Morgan fingerprint density at radius 3 is 3.18 bits per heavy atom. The van der Waals surface area contributed by atoms with Gasteiger partial charge in [-0.25, -0.2) is 0 Å². The van der Waals surface area contributed by atoms with E-state index in [0.717, 1.165) is 24.7 Å². The molecule has 1 N–H and O–H groups in total. The quantitative estimate of drug-likeness (QED) is 0.827. The molecule has 0 aliphatic carbocycles. The van der Waals surface area contributed by atoms with E-state index in [-0.39, 0.29) is 0 Å². The van der Waals surface area contributed by atoms with Crippen molar-refractivity contribution >= 4 is 16.9 Å². The Labute approximate surface area is 106 Å². The largest absolute Gasteiger partial charge is 0.362 e. The summed E-state index contributed by atoms with van der Waals surface area (Å²) < 4.78 is 1.84. The van der Waals surface area contributed by atoms with Gasteiger partial charge < -0.3 is 5.32 Å². The molecule has 1 saturated heterocycles. The number of nitrogens with zero attached hydrogens (tertiary/aromatic N) is 4. The molecular formula is C11H19N5S. The molecule has 2 atom stereocenters. The lowest BCUT2D eigenvalue weighted by atomic mass is 10.2.